The van der Waals surface area contributed by atoms with E-state index in [1.807, 2.05) is 36.9 Å². The molecule has 0 spiro atoms. The second-order valence-electron chi connectivity index (χ2n) is 7.02. The summed E-state index contributed by atoms with van der Waals surface area (Å²) in [6.45, 7) is 6.65. The van der Waals surface area contributed by atoms with Crippen LogP contribution in [0, 0.1) is 12.7 Å². The van der Waals surface area contributed by atoms with Crippen molar-refractivity contribution >= 4 is 17.0 Å². The molecule has 29 heavy (non-hydrogen) atoms. The Hall–Kier alpha value is -3.09. The molecular weight excluding hydrogens is 371 g/mol. The van der Waals surface area contributed by atoms with Crippen molar-refractivity contribution in [2.75, 3.05) is 12.0 Å². The molecule has 0 aliphatic rings. The van der Waals surface area contributed by atoms with Crippen molar-refractivity contribution < 1.29 is 13.9 Å². The van der Waals surface area contributed by atoms with Crippen molar-refractivity contribution in [3.8, 4) is 5.75 Å². The van der Waals surface area contributed by atoms with Gasteiger partial charge in [-0.3, -0.25) is 9.66 Å². The third kappa shape index (κ3) is 4.85. The Morgan fingerprint density at radius 1 is 1.31 bits per heavy atom. The number of ether oxygens (including phenoxy) is 1. The van der Waals surface area contributed by atoms with Crippen LogP contribution in [0.3, 0.4) is 0 Å². The highest BCUT2D eigenvalue weighted by atomic mass is 19.1. The minimum Gasteiger partial charge on any atom is -0.410 e. The monoisotopic (exact) mass is 398 g/mol. The molecule has 0 fully saturated rings. The first-order chi connectivity index (χ1) is 14.0. The number of aryl methyl sites for hydroxylation is 1. The molecule has 0 bridgehead atoms. The van der Waals surface area contributed by atoms with Gasteiger partial charge in [0.05, 0.1) is 17.8 Å². The Morgan fingerprint density at radius 2 is 2.14 bits per heavy atom. The van der Waals surface area contributed by atoms with Crippen LogP contribution in [-0.2, 0) is 0 Å². The second-order valence-corrected chi connectivity index (χ2v) is 7.02. The number of nitrogens with one attached hydrogen (secondary N) is 2. The molecule has 1 atom stereocenters. The van der Waals surface area contributed by atoms with Crippen LogP contribution in [-0.4, -0.2) is 22.3 Å². The topological polar surface area (TPSA) is 68.2 Å². The number of fused-ring (bicyclic) bond motifs is 1. The fraction of sp³-hybridized carbons (Fsp3) is 0.364. The van der Waals surface area contributed by atoms with Gasteiger partial charge in [0.2, 0.25) is 0 Å². The minimum absolute atomic E-state index is 0.201. The summed E-state index contributed by atoms with van der Waals surface area (Å²) in [4.78, 5) is 15.7. The van der Waals surface area contributed by atoms with Crippen LogP contribution in [0.5, 0.6) is 5.75 Å². The van der Waals surface area contributed by atoms with Gasteiger partial charge in [-0.1, -0.05) is 20.3 Å². The highest BCUT2D eigenvalue weighted by Gasteiger charge is 2.16. The number of hydrogen-bond donors (Lipinski definition) is 2. The SMILES string of the molecule is CCCCNC(=O)Oc1ccc2c(c1)c(C)cn2NC(CC)c1ccncc1F. The third-order valence-electron chi connectivity index (χ3n) is 4.87. The van der Waals surface area contributed by atoms with Crippen LogP contribution in [0.15, 0.2) is 42.9 Å². The number of rotatable bonds is 8. The van der Waals surface area contributed by atoms with Crippen LogP contribution < -0.4 is 15.5 Å². The molecule has 2 N–H and O–H groups in total. The van der Waals surface area contributed by atoms with E-state index in [9.17, 15) is 9.18 Å². The van der Waals surface area contributed by atoms with Gasteiger partial charge in [0.15, 0.2) is 0 Å². The number of amides is 1. The highest BCUT2D eigenvalue weighted by Crippen LogP contribution is 2.27. The maximum absolute atomic E-state index is 14.2. The molecule has 6 nitrogen and oxygen atoms in total. The first-order valence-corrected chi connectivity index (χ1v) is 9.96. The summed E-state index contributed by atoms with van der Waals surface area (Å²) >= 11 is 0. The third-order valence-corrected chi connectivity index (χ3v) is 4.87. The minimum atomic E-state index is -0.452. The van der Waals surface area contributed by atoms with Crippen LogP contribution in [0.1, 0.15) is 50.3 Å². The predicted octanol–water partition coefficient (Wildman–Crippen LogP) is 5.07. The van der Waals surface area contributed by atoms with Crippen molar-refractivity contribution in [3.63, 3.8) is 0 Å². The average Bonchev–Trinajstić information content (AvgIpc) is 3.02. The Kier molecular flexibility index (Phi) is 6.69. The van der Waals surface area contributed by atoms with Crippen LogP contribution in [0.25, 0.3) is 10.9 Å². The lowest BCUT2D eigenvalue weighted by atomic mass is 10.1. The van der Waals surface area contributed by atoms with E-state index in [0.717, 1.165) is 29.3 Å². The van der Waals surface area contributed by atoms with E-state index in [4.69, 9.17) is 4.74 Å². The fourth-order valence-corrected chi connectivity index (χ4v) is 3.27. The lowest BCUT2D eigenvalue weighted by molar-refractivity contribution is 0.200. The molecule has 0 radical (unpaired) electrons. The summed E-state index contributed by atoms with van der Waals surface area (Å²) in [5, 5.41) is 3.70. The summed E-state index contributed by atoms with van der Waals surface area (Å²) in [5.74, 6) is 0.157. The number of unbranched alkanes of at least 4 members (excludes halogenated alkanes) is 1. The van der Waals surface area contributed by atoms with Gasteiger partial charge in [-0.15, -0.1) is 0 Å². The van der Waals surface area contributed by atoms with Gasteiger partial charge >= 0.3 is 6.09 Å². The van der Waals surface area contributed by atoms with Crippen molar-refractivity contribution in [2.45, 2.75) is 46.1 Å². The number of pyridine rings is 1. The van der Waals surface area contributed by atoms with E-state index in [0.29, 0.717) is 24.3 Å². The summed E-state index contributed by atoms with van der Waals surface area (Å²) in [6.07, 6.45) is 6.96. The molecule has 3 rings (SSSR count). The molecule has 7 heteroatoms. The van der Waals surface area contributed by atoms with Crippen molar-refractivity contribution in [3.05, 3.63) is 59.8 Å². The first-order valence-electron chi connectivity index (χ1n) is 9.96. The van der Waals surface area contributed by atoms with Crippen LogP contribution in [0.2, 0.25) is 0 Å². The molecule has 2 aromatic heterocycles. The molecule has 1 amide bonds. The highest BCUT2D eigenvalue weighted by molar-refractivity contribution is 5.86. The van der Waals surface area contributed by atoms with E-state index >= 15 is 0 Å². The Bertz CT molecular complexity index is 986. The molecule has 0 saturated carbocycles. The lowest BCUT2D eigenvalue weighted by Crippen LogP contribution is -2.27. The number of benzene rings is 1. The number of carbonyl (C=O) groups is 1. The lowest BCUT2D eigenvalue weighted by Gasteiger charge is -2.20. The number of halogens is 1. The summed E-state index contributed by atoms with van der Waals surface area (Å²) < 4.78 is 21.4. The van der Waals surface area contributed by atoms with Gasteiger partial charge in [0.25, 0.3) is 0 Å². The summed E-state index contributed by atoms with van der Waals surface area (Å²) in [7, 11) is 0. The Labute approximate surface area is 170 Å². The largest absolute Gasteiger partial charge is 0.412 e. The normalized spacial score (nSPS) is 12.0. The number of nitrogens with zero attached hydrogens (tertiary/aromatic N) is 2. The molecule has 0 aliphatic heterocycles. The zero-order chi connectivity index (χ0) is 20.8. The van der Waals surface area contributed by atoms with E-state index in [2.05, 4.69) is 22.7 Å². The first kappa shape index (κ1) is 20.6. The van der Waals surface area contributed by atoms with Gasteiger partial charge in [-0.2, -0.15) is 0 Å². The van der Waals surface area contributed by atoms with Gasteiger partial charge < -0.3 is 15.5 Å². The second kappa shape index (κ2) is 9.41. The molecule has 1 aromatic carbocycles. The molecular formula is C22H27FN4O2. The maximum Gasteiger partial charge on any atom is 0.412 e. The van der Waals surface area contributed by atoms with E-state index in [-0.39, 0.29) is 11.9 Å². The van der Waals surface area contributed by atoms with Gasteiger partial charge in [0.1, 0.15) is 11.6 Å². The van der Waals surface area contributed by atoms with Crippen molar-refractivity contribution in [1.29, 1.82) is 0 Å². The zero-order valence-corrected chi connectivity index (χ0v) is 17.0. The predicted molar refractivity (Wildman–Crippen MR) is 112 cm³/mol. The van der Waals surface area contributed by atoms with Crippen molar-refractivity contribution in [1.82, 2.24) is 15.0 Å². The summed E-state index contributed by atoms with van der Waals surface area (Å²) in [5.41, 5.74) is 5.90. The smallest absolute Gasteiger partial charge is 0.410 e. The van der Waals surface area contributed by atoms with Gasteiger partial charge in [-0.25, -0.2) is 9.18 Å². The molecule has 0 aliphatic carbocycles. The molecule has 154 valence electrons. The quantitative estimate of drug-likeness (QED) is 0.520. The number of aromatic nitrogens is 2. The average molecular weight is 398 g/mol. The maximum atomic E-state index is 14.2. The molecule has 3 aromatic rings. The van der Waals surface area contributed by atoms with Crippen molar-refractivity contribution in [2.24, 2.45) is 0 Å². The standard InChI is InChI=1S/C22H27FN4O2/c1-4-6-10-25-22(28)29-16-7-8-21-18(12-16)15(3)14-27(21)26-20(5-2)17-9-11-24-13-19(17)23/h7-9,11-14,20,26H,4-6,10H2,1-3H3,(H,25,28). The van der Waals surface area contributed by atoms with E-state index in [1.54, 1.807) is 18.3 Å². The zero-order valence-electron chi connectivity index (χ0n) is 17.0. The van der Waals surface area contributed by atoms with E-state index in [1.165, 1.54) is 6.20 Å². The Morgan fingerprint density at radius 3 is 2.86 bits per heavy atom. The molecule has 1 unspecified atom stereocenters. The van der Waals surface area contributed by atoms with Gasteiger partial charge in [-0.05, 0) is 49.6 Å². The van der Waals surface area contributed by atoms with Crippen LogP contribution >= 0.6 is 0 Å². The summed E-state index contributed by atoms with van der Waals surface area (Å²) in [6, 6.07) is 6.98. The van der Waals surface area contributed by atoms with E-state index < -0.39 is 6.09 Å². The molecule has 0 saturated heterocycles. The van der Waals surface area contributed by atoms with Gasteiger partial charge in [0, 0.05) is 29.9 Å². The number of carbonyl (C=O) groups excluding carboxylic acids is 1. The van der Waals surface area contributed by atoms with Crippen LogP contribution in [0.4, 0.5) is 9.18 Å². The molecule has 2 heterocycles. The fourth-order valence-electron chi connectivity index (χ4n) is 3.27. The Balaban J connectivity index is 1.80. The number of hydrogen-bond acceptors (Lipinski definition) is 4.